The summed E-state index contributed by atoms with van der Waals surface area (Å²) in [5, 5.41) is 11.3. The van der Waals surface area contributed by atoms with Gasteiger partial charge in [0.25, 0.3) is 11.6 Å². The summed E-state index contributed by atoms with van der Waals surface area (Å²) in [5.41, 5.74) is 1.14. The number of rotatable bonds is 2. The fraction of sp³-hybridized carbons (Fsp3) is 0.167. The molecule has 0 unspecified atom stereocenters. The molecule has 1 aromatic carbocycles. The number of nitrogens with zero attached hydrogens (tertiary/aromatic N) is 3. The van der Waals surface area contributed by atoms with Crippen LogP contribution in [-0.2, 0) is 4.79 Å². The molecule has 0 aliphatic carbocycles. The van der Waals surface area contributed by atoms with Crippen molar-refractivity contribution < 1.29 is 9.72 Å². The fourth-order valence-electron chi connectivity index (χ4n) is 1.92. The fourth-order valence-corrected chi connectivity index (χ4v) is 2.87. The molecule has 1 saturated heterocycles. The number of hydrogen-bond donors (Lipinski definition) is 0. The van der Waals surface area contributed by atoms with Crippen molar-refractivity contribution in [3.8, 4) is 0 Å². The molecular formula is C12H9N3O3S. The Morgan fingerprint density at radius 3 is 2.74 bits per heavy atom. The van der Waals surface area contributed by atoms with Crippen LogP contribution in [0.15, 0.2) is 35.0 Å². The highest BCUT2D eigenvalue weighted by Crippen LogP contribution is 2.28. The van der Waals surface area contributed by atoms with Crippen molar-refractivity contribution in [2.45, 2.75) is 0 Å². The lowest BCUT2D eigenvalue weighted by molar-refractivity contribution is -0.384. The Hall–Kier alpha value is -2.15. The van der Waals surface area contributed by atoms with E-state index in [-0.39, 0.29) is 11.6 Å². The van der Waals surface area contributed by atoms with E-state index >= 15 is 0 Å². The van der Waals surface area contributed by atoms with E-state index < -0.39 is 4.92 Å². The number of aliphatic imine (C=N–C) groups is 1. The molecule has 1 aromatic rings. The zero-order valence-electron chi connectivity index (χ0n) is 9.78. The maximum absolute atomic E-state index is 12.0. The van der Waals surface area contributed by atoms with E-state index in [1.807, 2.05) is 0 Å². The number of thioether (sulfide) groups is 1. The molecule has 96 valence electrons. The highest BCUT2D eigenvalue weighted by molar-refractivity contribution is 8.14. The molecule has 2 heterocycles. The van der Waals surface area contributed by atoms with Gasteiger partial charge in [-0.2, -0.15) is 0 Å². The van der Waals surface area contributed by atoms with E-state index in [4.69, 9.17) is 0 Å². The van der Waals surface area contributed by atoms with Crippen molar-refractivity contribution in [3.05, 3.63) is 45.6 Å². The zero-order chi connectivity index (χ0) is 13.4. The van der Waals surface area contributed by atoms with Gasteiger partial charge in [-0.25, -0.2) is 4.99 Å². The van der Waals surface area contributed by atoms with Crippen molar-refractivity contribution in [2.24, 2.45) is 4.99 Å². The van der Waals surface area contributed by atoms with Gasteiger partial charge in [0.2, 0.25) is 0 Å². The van der Waals surface area contributed by atoms with Crippen LogP contribution < -0.4 is 0 Å². The first kappa shape index (κ1) is 11.9. The Labute approximate surface area is 113 Å². The predicted molar refractivity (Wildman–Crippen MR) is 72.7 cm³/mol. The van der Waals surface area contributed by atoms with Crippen molar-refractivity contribution in [3.63, 3.8) is 0 Å². The highest BCUT2D eigenvalue weighted by atomic mass is 32.2. The van der Waals surface area contributed by atoms with Gasteiger partial charge in [-0.15, -0.1) is 0 Å². The van der Waals surface area contributed by atoms with Crippen molar-refractivity contribution in [1.29, 1.82) is 0 Å². The largest absolute Gasteiger partial charge is 0.285 e. The number of non-ortho nitro benzene ring substituents is 1. The summed E-state index contributed by atoms with van der Waals surface area (Å²) in [6, 6.07) is 6.04. The Morgan fingerprint density at radius 1 is 1.37 bits per heavy atom. The molecule has 0 radical (unpaired) electrons. The summed E-state index contributed by atoms with van der Waals surface area (Å²) in [4.78, 5) is 28.0. The Morgan fingerprint density at radius 2 is 2.11 bits per heavy atom. The minimum Gasteiger partial charge on any atom is -0.285 e. The Bertz CT molecular complexity index is 622. The molecule has 6 nitrogen and oxygen atoms in total. The number of hydrogen-bond acceptors (Lipinski definition) is 5. The maximum Gasteiger partial charge on any atom is 0.278 e. The number of nitro groups is 1. The van der Waals surface area contributed by atoms with Crippen LogP contribution in [0.5, 0.6) is 0 Å². The third kappa shape index (κ3) is 2.12. The molecule has 0 aromatic heterocycles. The molecule has 3 rings (SSSR count). The van der Waals surface area contributed by atoms with Gasteiger partial charge in [0, 0.05) is 24.4 Å². The molecule has 2 aliphatic heterocycles. The van der Waals surface area contributed by atoms with Crippen LogP contribution >= 0.6 is 11.8 Å². The van der Waals surface area contributed by atoms with Gasteiger partial charge in [0.1, 0.15) is 5.70 Å². The normalized spacial score (nSPS) is 19.8. The molecule has 0 atom stereocenters. The first-order valence-electron chi connectivity index (χ1n) is 5.65. The van der Waals surface area contributed by atoms with Gasteiger partial charge in [0.15, 0.2) is 5.17 Å². The van der Waals surface area contributed by atoms with E-state index in [0.717, 1.165) is 16.5 Å². The zero-order valence-corrected chi connectivity index (χ0v) is 10.6. The van der Waals surface area contributed by atoms with Crippen molar-refractivity contribution >= 4 is 34.6 Å². The highest BCUT2D eigenvalue weighted by Gasteiger charge is 2.33. The minimum atomic E-state index is -0.454. The molecule has 0 bridgehead atoms. The standard InChI is InChI=1S/C12H9N3O3S/c16-11-10(13-12-14(11)5-6-19-12)7-8-1-3-9(4-2-8)15(17)18/h1-4,7H,5-6H2. The van der Waals surface area contributed by atoms with Crippen molar-refractivity contribution in [2.75, 3.05) is 12.3 Å². The smallest absolute Gasteiger partial charge is 0.278 e. The average molecular weight is 275 g/mol. The monoisotopic (exact) mass is 275 g/mol. The Kier molecular flexibility index (Phi) is 2.83. The number of nitro benzene ring substituents is 1. The maximum atomic E-state index is 12.0. The summed E-state index contributed by atoms with van der Waals surface area (Å²) in [6.45, 7) is 0.694. The second-order valence-corrected chi connectivity index (χ2v) is 5.14. The lowest BCUT2D eigenvalue weighted by atomic mass is 10.1. The molecule has 7 heteroatoms. The second-order valence-electron chi connectivity index (χ2n) is 4.08. The van der Waals surface area contributed by atoms with Gasteiger partial charge >= 0.3 is 0 Å². The van der Waals surface area contributed by atoms with E-state index in [1.54, 1.807) is 34.9 Å². The number of benzene rings is 1. The van der Waals surface area contributed by atoms with Gasteiger partial charge in [-0.3, -0.25) is 19.8 Å². The molecule has 0 N–H and O–H groups in total. The Balaban J connectivity index is 1.88. The quantitative estimate of drug-likeness (QED) is 0.469. The molecule has 1 fully saturated rings. The van der Waals surface area contributed by atoms with Gasteiger partial charge in [-0.05, 0) is 23.8 Å². The number of fused-ring (bicyclic) bond motifs is 1. The molecule has 0 saturated carbocycles. The molecule has 19 heavy (non-hydrogen) atoms. The summed E-state index contributed by atoms with van der Waals surface area (Å²) >= 11 is 1.56. The second kappa shape index (κ2) is 4.51. The molecule has 2 aliphatic rings. The molecular weight excluding hydrogens is 266 g/mol. The van der Waals surface area contributed by atoms with Crippen LogP contribution in [0.25, 0.3) is 6.08 Å². The number of carbonyl (C=O) groups is 1. The summed E-state index contributed by atoms with van der Waals surface area (Å²) in [5.74, 6) is 0.786. The summed E-state index contributed by atoms with van der Waals surface area (Å²) < 4.78 is 0. The van der Waals surface area contributed by atoms with Gasteiger partial charge in [-0.1, -0.05) is 11.8 Å². The number of carbonyl (C=O) groups excluding carboxylic acids is 1. The van der Waals surface area contributed by atoms with E-state index in [0.29, 0.717) is 12.2 Å². The topological polar surface area (TPSA) is 75.8 Å². The van der Waals surface area contributed by atoms with E-state index in [1.165, 1.54) is 12.1 Å². The third-order valence-electron chi connectivity index (χ3n) is 2.86. The average Bonchev–Trinajstić information content (AvgIpc) is 2.95. The lowest BCUT2D eigenvalue weighted by Gasteiger charge is -2.05. The van der Waals surface area contributed by atoms with Crippen LogP contribution in [0.3, 0.4) is 0 Å². The lowest BCUT2D eigenvalue weighted by Crippen LogP contribution is -2.26. The van der Waals surface area contributed by atoms with Gasteiger partial charge < -0.3 is 0 Å². The van der Waals surface area contributed by atoms with Crippen molar-refractivity contribution in [1.82, 2.24) is 4.90 Å². The van der Waals surface area contributed by atoms with Crippen LogP contribution in [0.2, 0.25) is 0 Å². The van der Waals surface area contributed by atoms with E-state index in [2.05, 4.69) is 4.99 Å². The van der Waals surface area contributed by atoms with Crippen LogP contribution in [0.1, 0.15) is 5.56 Å². The first-order chi connectivity index (χ1) is 9.15. The van der Waals surface area contributed by atoms with Crippen LogP contribution in [0, 0.1) is 10.1 Å². The van der Waals surface area contributed by atoms with Gasteiger partial charge in [0.05, 0.1) is 4.92 Å². The van der Waals surface area contributed by atoms with E-state index in [9.17, 15) is 14.9 Å². The molecule has 1 amide bonds. The summed E-state index contributed by atoms with van der Waals surface area (Å²) in [7, 11) is 0. The first-order valence-corrected chi connectivity index (χ1v) is 6.63. The molecule has 0 spiro atoms. The third-order valence-corrected chi connectivity index (χ3v) is 3.82. The van der Waals surface area contributed by atoms with Crippen LogP contribution in [-0.4, -0.2) is 33.2 Å². The van der Waals surface area contributed by atoms with Crippen LogP contribution in [0.4, 0.5) is 5.69 Å². The predicted octanol–water partition coefficient (Wildman–Crippen LogP) is 1.88. The number of amidine groups is 1. The number of amides is 1. The minimum absolute atomic E-state index is 0.0300. The SMILES string of the molecule is O=C1C(=Cc2ccc([N+](=O)[O-])cc2)N=C2SCCN12. The summed E-state index contributed by atoms with van der Waals surface area (Å²) in [6.07, 6.45) is 1.65.